The van der Waals surface area contributed by atoms with Gasteiger partial charge in [0.25, 0.3) is 0 Å². The molecule has 2 heteroatoms. The average Bonchev–Trinajstić information content (AvgIpc) is 2.84. The highest BCUT2D eigenvalue weighted by atomic mass is 127. The van der Waals surface area contributed by atoms with Crippen LogP contribution in [-0.2, 0) is 12.8 Å². The van der Waals surface area contributed by atoms with Gasteiger partial charge in [-0.2, -0.15) is 0 Å². The number of rotatable bonds is 12. The fourth-order valence-corrected chi connectivity index (χ4v) is 9.86. The Bertz CT molecular complexity index is 910. The molecule has 0 radical (unpaired) electrons. The molecule has 0 saturated heterocycles. The van der Waals surface area contributed by atoms with E-state index in [9.17, 15) is 0 Å². The first-order valence-corrected chi connectivity index (χ1v) is 14.8. The van der Waals surface area contributed by atoms with Crippen LogP contribution in [0.5, 0.6) is 0 Å². The zero-order valence-electron chi connectivity index (χ0n) is 21.1. The van der Waals surface area contributed by atoms with Gasteiger partial charge >= 0.3 is 0 Å². The van der Waals surface area contributed by atoms with Gasteiger partial charge in [-0.05, 0) is 86.1 Å². The number of hydrogen-bond donors (Lipinski definition) is 0. The highest BCUT2D eigenvalue weighted by Crippen LogP contribution is 2.57. The summed E-state index contributed by atoms with van der Waals surface area (Å²) >= 11 is 0. The van der Waals surface area contributed by atoms with Crippen LogP contribution >= 0.6 is 7.26 Å². The van der Waals surface area contributed by atoms with E-state index in [1.54, 1.807) is 27.0 Å². The van der Waals surface area contributed by atoms with Gasteiger partial charge in [0.05, 0.1) is 6.16 Å². The summed E-state index contributed by atoms with van der Waals surface area (Å²) < 4.78 is 0. The lowest BCUT2D eigenvalue weighted by molar-refractivity contribution is -0.00000667. The van der Waals surface area contributed by atoms with Crippen molar-refractivity contribution in [3.8, 4) is 0 Å². The van der Waals surface area contributed by atoms with Gasteiger partial charge in [0.1, 0.15) is 23.2 Å². The summed E-state index contributed by atoms with van der Waals surface area (Å²) in [7, 11) is -1.73. The second-order valence-corrected chi connectivity index (χ2v) is 12.7. The van der Waals surface area contributed by atoms with Crippen molar-refractivity contribution in [2.24, 2.45) is 0 Å². The van der Waals surface area contributed by atoms with Gasteiger partial charge in [0.2, 0.25) is 0 Å². The number of unbranched alkanes of at least 4 members (excludes halogenated alkanes) is 3. The molecule has 0 bridgehead atoms. The maximum absolute atomic E-state index is 2.53. The van der Waals surface area contributed by atoms with Crippen molar-refractivity contribution in [1.29, 1.82) is 0 Å². The van der Waals surface area contributed by atoms with E-state index in [-0.39, 0.29) is 24.0 Å². The molecule has 0 spiro atoms. The number of halogens is 1. The van der Waals surface area contributed by atoms with Crippen LogP contribution in [0.1, 0.15) is 76.0 Å². The van der Waals surface area contributed by atoms with Crippen molar-refractivity contribution < 1.29 is 24.0 Å². The third-order valence-electron chi connectivity index (χ3n) is 6.85. The third-order valence-corrected chi connectivity index (χ3v) is 11.4. The summed E-state index contributed by atoms with van der Waals surface area (Å²) in [5.74, 6) is 0. The zero-order chi connectivity index (χ0) is 22.8. The van der Waals surface area contributed by atoms with Crippen molar-refractivity contribution in [1.82, 2.24) is 0 Å². The molecule has 0 fully saturated rings. The van der Waals surface area contributed by atoms with Crippen LogP contribution in [0.2, 0.25) is 0 Å². The summed E-state index contributed by atoms with van der Waals surface area (Å²) in [4.78, 5) is 0. The largest absolute Gasteiger partial charge is 1.00 e. The molecule has 178 valence electrons. The average molecular weight is 573 g/mol. The van der Waals surface area contributed by atoms with Crippen molar-refractivity contribution in [2.75, 3.05) is 6.16 Å². The highest BCUT2D eigenvalue weighted by Gasteiger charge is 2.46. The summed E-state index contributed by atoms with van der Waals surface area (Å²) in [5, 5.41) is 4.75. The fraction of sp³-hybridized carbons (Fsp3) is 0.419. The molecule has 0 aromatic heterocycles. The predicted molar refractivity (Wildman–Crippen MR) is 147 cm³/mol. The lowest BCUT2D eigenvalue weighted by Gasteiger charge is -2.31. The molecule has 3 aromatic carbocycles. The Labute approximate surface area is 221 Å². The first-order chi connectivity index (χ1) is 15.7. The molecule has 0 nitrogen and oxygen atoms in total. The van der Waals surface area contributed by atoms with E-state index in [2.05, 4.69) is 100 Å². The summed E-state index contributed by atoms with van der Waals surface area (Å²) in [6, 6.07) is 27.9. The van der Waals surface area contributed by atoms with Gasteiger partial charge in [0, 0.05) is 0 Å². The highest BCUT2D eigenvalue weighted by molar-refractivity contribution is 7.95. The topological polar surface area (TPSA) is 0 Å². The van der Waals surface area contributed by atoms with Gasteiger partial charge in [-0.1, -0.05) is 82.5 Å². The van der Waals surface area contributed by atoms with Gasteiger partial charge < -0.3 is 24.0 Å². The first-order valence-electron chi connectivity index (χ1n) is 12.8. The summed E-state index contributed by atoms with van der Waals surface area (Å²) in [6.45, 7) is 9.32. The minimum absolute atomic E-state index is 0. The molecule has 0 heterocycles. The molecule has 33 heavy (non-hydrogen) atoms. The van der Waals surface area contributed by atoms with Crippen molar-refractivity contribution >= 4 is 23.2 Å². The van der Waals surface area contributed by atoms with Gasteiger partial charge in [0.15, 0.2) is 0 Å². The molecule has 0 N–H and O–H groups in total. The maximum Gasteiger partial charge on any atom is 0.112 e. The molecule has 0 aliphatic heterocycles. The molecule has 0 aliphatic carbocycles. The monoisotopic (exact) mass is 572 g/mol. The quantitative estimate of drug-likeness (QED) is 0.217. The molecule has 0 saturated carbocycles. The van der Waals surface area contributed by atoms with Gasteiger partial charge in [-0.25, -0.2) is 0 Å². The minimum atomic E-state index is -1.73. The number of aryl methyl sites for hydroxylation is 1. The van der Waals surface area contributed by atoms with Gasteiger partial charge in [-0.15, -0.1) is 0 Å². The van der Waals surface area contributed by atoms with Crippen LogP contribution in [0.4, 0.5) is 0 Å². The van der Waals surface area contributed by atoms with E-state index in [0.29, 0.717) is 0 Å². The Hall–Kier alpha value is -1.18. The molecule has 0 atom stereocenters. The van der Waals surface area contributed by atoms with E-state index < -0.39 is 7.26 Å². The van der Waals surface area contributed by atoms with Crippen molar-refractivity contribution in [3.05, 3.63) is 89.5 Å². The third kappa shape index (κ3) is 6.49. The van der Waals surface area contributed by atoms with Crippen LogP contribution in [0.3, 0.4) is 0 Å². The number of benzene rings is 3. The minimum Gasteiger partial charge on any atom is -1.00 e. The second kappa shape index (κ2) is 14.3. The maximum atomic E-state index is 2.53. The molecule has 0 amide bonds. The van der Waals surface area contributed by atoms with Crippen LogP contribution in [0.25, 0.3) is 0 Å². The Morgan fingerprint density at radius 2 is 1.06 bits per heavy atom. The van der Waals surface area contributed by atoms with Crippen LogP contribution < -0.4 is 39.9 Å². The smallest absolute Gasteiger partial charge is 0.112 e. The number of hydrogen-bond acceptors (Lipinski definition) is 0. The van der Waals surface area contributed by atoms with Crippen LogP contribution in [0, 0.1) is 6.92 Å². The molecular weight excluding hydrogens is 530 g/mol. The SMILES string of the molecule is CCCCc1c(C)ccc([P+](CCCC)(c2ccccc2)c2ccccc2)c1CCCC.[I-]. The van der Waals surface area contributed by atoms with Crippen LogP contribution in [-0.4, -0.2) is 6.16 Å². The van der Waals surface area contributed by atoms with E-state index in [1.807, 2.05) is 0 Å². The van der Waals surface area contributed by atoms with E-state index >= 15 is 0 Å². The molecular formula is C31H42IP. The summed E-state index contributed by atoms with van der Waals surface area (Å²) in [6.07, 6.45) is 11.2. The molecule has 3 rings (SSSR count). The molecule has 0 aliphatic rings. The van der Waals surface area contributed by atoms with E-state index in [0.717, 1.165) is 0 Å². The van der Waals surface area contributed by atoms with Crippen molar-refractivity contribution in [2.45, 2.75) is 79.1 Å². The van der Waals surface area contributed by atoms with Crippen LogP contribution in [0.15, 0.2) is 72.8 Å². The zero-order valence-corrected chi connectivity index (χ0v) is 24.2. The lowest BCUT2D eigenvalue weighted by atomic mass is 9.94. The van der Waals surface area contributed by atoms with E-state index in [1.165, 1.54) is 63.1 Å². The van der Waals surface area contributed by atoms with Gasteiger partial charge in [-0.3, -0.25) is 0 Å². The first kappa shape index (κ1) is 28.1. The fourth-order valence-electron chi connectivity index (χ4n) is 5.06. The predicted octanol–water partition coefficient (Wildman–Crippen LogP) is 4.78. The Balaban J connectivity index is 0.00000385. The standard InChI is InChI=1S/C31H42P.HI/c1-5-8-21-29-26(4)23-24-31(30(29)22-9-6-2)32(25-10-7-3,27-17-13-11-14-18-27)28-19-15-12-16-20-28;/h11-20,23-24H,5-10,21-22,25H2,1-4H3;1H/q+1;/p-1. The second-order valence-electron chi connectivity index (χ2n) is 9.12. The Morgan fingerprint density at radius 1 is 0.576 bits per heavy atom. The molecule has 0 unspecified atom stereocenters. The normalized spacial score (nSPS) is 11.3. The Morgan fingerprint density at radius 3 is 1.55 bits per heavy atom. The Kier molecular flexibility index (Phi) is 12.1. The van der Waals surface area contributed by atoms with E-state index in [4.69, 9.17) is 0 Å². The summed E-state index contributed by atoms with van der Waals surface area (Å²) in [5.41, 5.74) is 4.81. The molecule has 3 aromatic rings. The lowest BCUT2D eigenvalue weighted by Crippen LogP contribution is -3.00. The van der Waals surface area contributed by atoms with Crippen molar-refractivity contribution in [3.63, 3.8) is 0 Å².